The maximum atomic E-state index is 13.5. The van der Waals surface area contributed by atoms with E-state index >= 15 is 0 Å². The van der Waals surface area contributed by atoms with Gasteiger partial charge in [0.2, 0.25) is 5.91 Å². The van der Waals surface area contributed by atoms with Gasteiger partial charge in [0.15, 0.2) is 9.84 Å². The summed E-state index contributed by atoms with van der Waals surface area (Å²) >= 11 is 0. The van der Waals surface area contributed by atoms with E-state index in [1.807, 2.05) is 50.2 Å². The van der Waals surface area contributed by atoms with Crippen LogP contribution >= 0.6 is 0 Å². The van der Waals surface area contributed by atoms with Crippen molar-refractivity contribution in [3.8, 4) is 5.75 Å². The van der Waals surface area contributed by atoms with Crippen LogP contribution in [0.5, 0.6) is 5.75 Å². The molecule has 1 unspecified atom stereocenters. The minimum atomic E-state index is -3.12. The number of fused-ring (bicyclic) bond motifs is 1. The molecule has 6 nitrogen and oxygen atoms in total. The molecule has 4 rings (SSSR count). The van der Waals surface area contributed by atoms with Crippen molar-refractivity contribution in [3.05, 3.63) is 64.9 Å². The second kappa shape index (κ2) is 9.59. The SMILES string of the molecule is CCCOc1ccc(CN(C(=O)Cc2coc3c(C)c(C)ccc23)C2CCS(=O)(=O)C2)cc1. The Kier molecular flexibility index (Phi) is 6.79. The van der Waals surface area contributed by atoms with Gasteiger partial charge < -0.3 is 14.1 Å². The van der Waals surface area contributed by atoms with E-state index < -0.39 is 9.84 Å². The molecule has 7 heteroatoms. The summed E-state index contributed by atoms with van der Waals surface area (Å²) in [5, 5.41) is 0.933. The van der Waals surface area contributed by atoms with Crippen molar-refractivity contribution in [1.82, 2.24) is 4.90 Å². The molecule has 2 heterocycles. The van der Waals surface area contributed by atoms with Gasteiger partial charge in [-0.05, 0) is 55.5 Å². The van der Waals surface area contributed by atoms with Gasteiger partial charge in [0.1, 0.15) is 11.3 Å². The average Bonchev–Trinajstić information content (AvgIpc) is 3.36. The lowest BCUT2D eigenvalue weighted by Crippen LogP contribution is -2.41. The number of carbonyl (C=O) groups is 1. The second-order valence-electron chi connectivity index (χ2n) is 8.89. The van der Waals surface area contributed by atoms with Crippen LogP contribution in [-0.4, -0.2) is 43.4 Å². The lowest BCUT2D eigenvalue weighted by molar-refractivity contribution is -0.133. The Morgan fingerprint density at radius 3 is 2.58 bits per heavy atom. The molecule has 0 N–H and O–H groups in total. The molecule has 1 amide bonds. The number of carbonyl (C=O) groups excluding carboxylic acids is 1. The number of ether oxygens (including phenoxy) is 1. The number of amides is 1. The van der Waals surface area contributed by atoms with E-state index in [1.54, 1.807) is 11.2 Å². The van der Waals surface area contributed by atoms with Crippen LogP contribution in [0, 0.1) is 13.8 Å². The molecule has 2 aromatic carbocycles. The van der Waals surface area contributed by atoms with Crippen molar-refractivity contribution in [2.24, 2.45) is 0 Å². The highest BCUT2D eigenvalue weighted by molar-refractivity contribution is 7.91. The predicted molar refractivity (Wildman–Crippen MR) is 129 cm³/mol. The van der Waals surface area contributed by atoms with E-state index in [9.17, 15) is 13.2 Å². The first-order chi connectivity index (χ1) is 15.8. The summed E-state index contributed by atoms with van der Waals surface area (Å²) in [6.45, 7) is 7.11. The third kappa shape index (κ3) is 5.24. The molecule has 1 saturated heterocycles. The average molecular weight is 470 g/mol. The van der Waals surface area contributed by atoms with E-state index in [-0.39, 0.29) is 29.9 Å². The summed E-state index contributed by atoms with van der Waals surface area (Å²) in [5.41, 5.74) is 4.77. The fraction of sp³-hybridized carbons (Fsp3) is 0.423. The largest absolute Gasteiger partial charge is 0.494 e. The first kappa shape index (κ1) is 23.4. The summed E-state index contributed by atoms with van der Waals surface area (Å²) in [5.74, 6) is 0.834. The van der Waals surface area contributed by atoms with Gasteiger partial charge in [0, 0.05) is 23.5 Å². The van der Waals surface area contributed by atoms with E-state index in [0.29, 0.717) is 19.6 Å². The van der Waals surface area contributed by atoms with Crippen molar-refractivity contribution >= 4 is 26.7 Å². The molecule has 0 radical (unpaired) electrons. The molecule has 1 aromatic heterocycles. The molecule has 1 atom stereocenters. The van der Waals surface area contributed by atoms with Crippen LogP contribution in [0.4, 0.5) is 0 Å². The summed E-state index contributed by atoms with van der Waals surface area (Å²) < 4.78 is 35.7. The molecule has 0 bridgehead atoms. The topological polar surface area (TPSA) is 76.8 Å². The van der Waals surface area contributed by atoms with Gasteiger partial charge in [-0.25, -0.2) is 8.42 Å². The summed E-state index contributed by atoms with van der Waals surface area (Å²) in [4.78, 5) is 15.2. The Hall–Kier alpha value is -2.80. The fourth-order valence-corrected chi connectivity index (χ4v) is 6.07. The molecule has 1 aliphatic rings. The zero-order valence-corrected chi connectivity index (χ0v) is 20.3. The lowest BCUT2D eigenvalue weighted by atomic mass is 10.0. The zero-order chi connectivity index (χ0) is 23.6. The van der Waals surface area contributed by atoms with Gasteiger partial charge in [-0.1, -0.05) is 31.2 Å². The van der Waals surface area contributed by atoms with Gasteiger partial charge in [0.05, 0.1) is 30.8 Å². The van der Waals surface area contributed by atoms with Gasteiger partial charge in [-0.15, -0.1) is 0 Å². The number of hydrogen-bond donors (Lipinski definition) is 0. The number of benzene rings is 2. The van der Waals surface area contributed by atoms with Crippen molar-refractivity contribution in [3.63, 3.8) is 0 Å². The smallest absolute Gasteiger partial charge is 0.227 e. The zero-order valence-electron chi connectivity index (χ0n) is 19.5. The number of nitrogens with zero attached hydrogens (tertiary/aromatic N) is 1. The molecule has 0 aliphatic carbocycles. The number of sulfone groups is 1. The van der Waals surface area contributed by atoms with Gasteiger partial charge in [-0.3, -0.25) is 4.79 Å². The molecule has 33 heavy (non-hydrogen) atoms. The van der Waals surface area contributed by atoms with Crippen LogP contribution in [0.15, 0.2) is 47.1 Å². The number of furan rings is 1. The van der Waals surface area contributed by atoms with E-state index in [4.69, 9.17) is 9.15 Å². The van der Waals surface area contributed by atoms with Gasteiger partial charge in [0.25, 0.3) is 0 Å². The second-order valence-corrected chi connectivity index (χ2v) is 11.1. The van der Waals surface area contributed by atoms with Crippen LogP contribution in [0.1, 0.15) is 42.0 Å². The monoisotopic (exact) mass is 469 g/mol. The van der Waals surface area contributed by atoms with Gasteiger partial charge >= 0.3 is 0 Å². The fourth-order valence-electron chi connectivity index (χ4n) is 4.34. The molecule has 1 fully saturated rings. The molecule has 3 aromatic rings. The Morgan fingerprint density at radius 1 is 1.15 bits per heavy atom. The first-order valence-electron chi connectivity index (χ1n) is 11.5. The van der Waals surface area contributed by atoms with Crippen LogP contribution in [-0.2, 0) is 27.6 Å². The van der Waals surface area contributed by atoms with Crippen molar-refractivity contribution < 1.29 is 22.4 Å². The number of hydrogen-bond acceptors (Lipinski definition) is 5. The van der Waals surface area contributed by atoms with Gasteiger partial charge in [-0.2, -0.15) is 0 Å². The quantitative estimate of drug-likeness (QED) is 0.482. The van der Waals surface area contributed by atoms with E-state index in [0.717, 1.165) is 45.4 Å². The lowest BCUT2D eigenvalue weighted by Gasteiger charge is -2.28. The molecule has 0 saturated carbocycles. The van der Waals surface area contributed by atoms with Crippen LogP contribution in [0.25, 0.3) is 11.0 Å². The highest BCUT2D eigenvalue weighted by Gasteiger charge is 2.35. The molecule has 1 aliphatic heterocycles. The minimum absolute atomic E-state index is 0.0148. The molecule has 176 valence electrons. The molecule has 0 spiro atoms. The Labute approximate surface area is 195 Å². The minimum Gasteiger partial charge on any atom is -0.494 e. The summed E-state index contributed by atoms with van der Waals surface area (Å²) in [7, 11) is -3.12. The van der Waals surface area contributed by atoms with Crippen LogP contribution < -0.4 is 4.74 Å². The van der Waals surface area contributed by atoms with Crippen molar-refractivity contribution in [1.29, 1.82) is 0 Å². The molecular weight excluding hydrogens is 438 g/mol. The summed E-state index contributed by atoms with van der Waals surface area (Å²) in [6, 6.07) is 11.4. The maximum absolute atomic E-state index is 13.5. The van der Waals surface area contributed by atoms with Crippen LogP contribution in [0.2, 0.25) is 0 Å². The Morgan fingerprint density at radius 2 is 1.91 bits per heavy atom. The van der Waals surface area contributed by atoms with Crippen LogP contribution in [0.3, 0.4) is 0 Å². The third-order valence-electron chi connectivity index (χ3n) is 6.40. The highest BCUT2D eigenvalue weighted by atomic mass is 32.2. The predicted octanol–water partition coefficient (Wildman–Crippen LogP) is 4.60. The number of rotatable bonds is 8. The molecular formula is C26H31NO5S. The summed E-state index contributed by atoms with van der Waals surface area (Å²) in [6.07, 6.45) is 3.22. The third-order valence-corrected chi connectivity index (χ3v) is 8.15. The highest BCUT2D eigenvalue weighted by Crippen LogP contribution is 2.28. The Balaban J connectivity index is 1.57. The van der Waals surface area contributed by atoms with E-state index in [2.05, 4.69) is 6.92 Å². The number of aryl methyl sites for hydroxylation is 2. The Bertz CT molecular complexity index is 1240. The van der Waals surface area contributed by atoms with E-state index in [1.165, 1.54) is 0 Å². The maximum Gasteiger partial charge on any atom is 0.227 e. The van der Waals surface area contributed by atoms with Crippen molar-refractivity contribution in [2.75, 3.05) is 18.1 Å². The standard InChI is InChI=1S/C26H31NO5S/c1-4-12-31-23-8-6-20(7-9-23)15-27(22-11-13-33(29,30)17-22)25(28)14-21-16-32-26-19(3)18(2)5-10-24(21)26/h5-10,16,22H,4,11-15,17H2,1-3H3. The van der Waals surface area contributed by atoms with Crippen molar-refractivity contribution in [2.45, 2.75) is 52.6 Å². The normalized spacial score (nSPS) is 17.4. The first-order valence-corrected chi connectivity index (χ1v) is 13.3.